The van der Waals surface area contributed by atoms with Crippen LogP contribution >= 0.6 is 0 Å². The standard InChI is InChI=1S/C20H28N2O4/c1-13-4-3-5-17(8-13)26-20(25)22-11-16(12-22)19(24)21-10-15-6-7-18(23)14(2)9-15/h6-7,9,13,16-17,23H,3-5,8,10-12H2,1-2H3,(H,21,24)/t13-,17-/m0/s1. The maximum atomic E-state index is 12.2. The predicted octanol–water partition coefficient (Wildman–Crippen LogP) is 2.96. The number of aryl methyl sites for hydroxylation is 1. The Morgan fingerprint density at radius 2 is 2.08 bits per heavy atom. The van der Waals surface area contributed by atoms with Crippen molar-refractivity contribution in [2.24, 2.45) is 11.8 Å². The number of benzene rings is 1. The average Bonchev–Trinajstić information content (AvgIpc) is 2.54. The van der Waals surface area contributed by atoms with Crippen LogP contribution in [0.2, 0.25) is 0 Å². The van der Waals surface area contributed by atoms with Gasteiger partial charge in [0, 0.05) is 19.6 Å². The summed E-state index contributed by atoms with van der Waals surface area (Å²) in [4.78, 5) is 26.0. The number of amides is 2. The molecule has 2 aliphatic rings. The normalized spacial score (nSPS) is 23.2. The molecule has 3 rings (SSSR count). The van der Waals surface area contributed by atoms with Crippen LogP contribution in [0.5, 0.6) is 5.75 Å². The van der Waals surface area contributed by atoms with Gasteiger partial charge in [-0.1, -0.05) is 25.5 Å². The first-order chi connectivity index (χ1) is 12.4. The van der Waals surface area contributed by atoms with Gasteiger partial charge in [-0.05, 0) is 49.3 Å². The number of ether oxygens (including phenoxy) is 1. The Hall–Kier alpha value is -2.24. The molecule has 6 nitrogen and oxygen atoms in total. The number of likely N-dealkylation sites (tertiary alicyclic amines) is 1. The second kappa shape index (κ2) is 7.98. The smallest absolute Gasteiger partial charge is 0.410 e. The van der Waals surface area contributed by atoms with E-state index in [1.165, 1.54) is 6.42 Å². The number of carbonyl (C=O) groups is 2. The molecule has 1 aromatic carbocycles. The SMILES string of the molecule is Cc1cc(CNC(=O)C2CN(C(=O)O[C@H]3CCC[C@H](C)C3)C2)ccc1O. The van der Waals surface area contributed by atoms with Gasteiger partial charge in [-0.2, -0.15) is 0 Å². The third kappa shape index (κ3) is 4.48. The van der Waals surface area contributed by atoms with Crippen LogP contribution in [-0.2, 0) is 16.1 Å². The fraction of sp³-hybridized carbons (Fsp3) is 0.600. The summed E-state index contributed by atoms with van der Waals surface area (Å²) in [5.74, 6) is 0.637. The first kappa shape index (κ1) is 18.5. The van der Waals surface area contributed by atoms with E-state index in [9.17, 15) is 14.7 Å². The molecule has 26 heavy (non-hydrogen) atoms. The van der Waals surface area contributed by atoms with Gasteiger partial charge < -0.3 is 20.1 Å². The Morgan fingerprint density at radius 1 is 1.31 bits per heavy atom. The molecule has 1 heterocycles. The highest BCUT2D eigenvalue weighted by Gasteiger charge is 2.37. The Bertz CT molecular complexity index is 670. The van der Waals surface area contributed by atoms with E-state index in [0.29, 0.717) is 25.6 Å². The van der Waals surface area contributed by atoms with Crippen molar-refractivity contribution in [2.75, 3.05) is 13.1 Å². The molecule has 0 unspecified atom stereocenters. The lowest BCUT2D eigenvalue weighted by Gasteiger charge is -2.38. The van der Waals surface area contributed by atoms with Crippen molar-refractivity contribution in [3.63, 3.8) is 0 Å². The van der Waals surface area contributed by atoms with E-state index in [1.54, 1.807) is 17.0 Å². The predicted molar refractivity (Wildman–Crippen MR) is 97.7 cm³/mol. The number of phenolic OH excluding ortho intramolecular Hbond substituents is 1. The molecular weight excluding hydrogens is 332 g/mol. The van der Waals surface area contributed by atoms with E-state index in [1.807, 2.05) is 13.0 Å². The van der Waals surface area contributed by atoms with E-state index >= 15 is 0 Å². The van der Waals surface area contributed by atoms with Crippen molar-refractivity contribution in [3.05, 3.63) is 29.3 Å². The number of phenols is 1. The maximum Gasteiger partial charge on any atom is 0.410 e. The number of aromatic hydroxyl groups is 1. The number of carbonyl (C=O) groups excluding carboxylic acids is 2. The lowest BCUT2D eigenvalue weighted by atomic mass is 9.89. The number of nitrogens with zero attached hydrogens (tertiary/aromatic N) is 1. The van der Waals surface area contributed by atoms with Crippen LogP contribution in [0.3, 0.4) is 0 Å². The molecule has 1 saturated heterocycles. The lowest BCUT2D eigenvalue weighted by Crippen LogP contribution is -2.56. The van der Waals surface area contributed by atoms with Crippen LogP contribution in [0, 0.1) is 18.8 Å². The van der Waals surface area contributed by atoms with E-state index < -0.39 is 0 Å². The summed E-state index contributed by atoms with van der Waals surface area (Å²) in [6, 6.07) is 5.27. The second-order valence-electron chi connectivity index (χ2n) is 7.72. The Morgan fingerprint density at radius 3 is 2.77 bits per heavy atom. The zero-order chi connectivity index (χ0) is 18.7. The minimum atomic E-state index is -0.290. The second-order valence-corrected chi connectivity index (χ2v) is 7.72. The summed E-state index contributed by atoms with van der Waals surface area (Å²) in [6.07, 6.45) is 3.94. The van der Waals surface area contributed by atoms with Gasteiger partial charge in [-0.3, -0.25) is 4.79 Å². The summed E-state index contributed by atoms with van der Waals surface area (Å²) in [6.45, 7) is 5.27. The summed E-state index contributed by atoms with van der Waals surface area (Å²) in [7, 11) is 0. The first-order valence-electron chi connectivity index (χ1n) is 9.44. The minimum Gasteiger partial charge on any atom is -0.508 e. The third-order valence-electron chi connectivity index (χ3n) is 5.39. The number of nitrogens with one attached hydrogen (secondary N) is 1. The molecule has 1 aliphatic carbocycles. The monoisotopic (exact) mass is 360 g/mol. The van der Waals surface area contributed by atoms with Gasteiger partial charge in [0.25, 0.3) is 0 Å². The summed E-state index contributed by atoms with van der Waals surface area (Å²) in [5, 5.41) is 12.4. The Balaban J connectivity index is 1.39. The molecule has 0 radical (unpaired) electrons. The van der Waals surface area contributed by atoms with Gasteiger partial charge in [0.2, 0.25) is 5.91 Å². The topological polar surface area (TPSA) is 78.9 Å². The molecule has 2 amide bonds. The molecule has 0 aromatic heterocycles. The average molecular weight is 360 g/mol. The number of rotatable bonds is 4. The van der Waals surface area contributed by atoms with Crippen LogP contribution in [0.15, 0.2) is 18.2 Å². The summed E-state index contributed by atoms with van der Waals surface area (Å²) < 4.78 is 5.58. The molecule has 2 atom stereocenters. The quantitative estimate of drug-likeness (QED) is 0.865. The minimum absolute atomic E-state index is 0.0249. The molecule has 0 bridgehead atoms. The lowest BCUT2D eigenvalue weighted by molar-refractivity contribution is -0.129. The fourth-order valence-electron chi connectivity index (χ4n) is 3.66. The van der Waals surface area contributed by atoms with Crippen molar-refractivity contribution in [1.29, 1.82) is 0 Å². The van der Waals surface area contributed by atoms with Crippen molar-refractivity contribution in [1.82, 2.24) is 10.2 Å². The van der Waals surface area contributed by atoms with Crippen molar-refractivity contribution < 1.29 is 19.4 Å². The van der Waals surface area contributed by atoms with Crippen molar-refractivity contribution in [3.8, 4) is 5.75 Å². The molecular formula is C20H28N2O4. The van der Waals surface area contributed by atoms with E-state index in [4.69, 9.17) is 4.74 Å². The van der Waals surface area contributed by atoms with Gasteiger partial charge in [-0.25, -0.2) is 4.79 Å². The van der Waals surface area contributed by atoms with Gasteiger partial charge in [-0.15, -0.1) is 0 Å². The molecule has 0 spiro atoms. The highest BCUT2D eigenvalue weighted by Crippen LogP contribution is 2.27. The van der Waals surface area contributed by atoms with Gasteiger partial charge in [0.1, 0.15) is 11.9 Å². The maximum absolute atomic E-state index is 12.2. The van der Waals surface area contributed by atoms with E-state index in [2.05, 4.69) is 12.2 Å². The summed E-state index contributed by atoms with van der Waals surface area (Å²) >= 11 is 0. The summed E-state index contributed by atoms with van der Waals surface area (Å²) in [5.41, 5.74) is 1.72. The fourth-order valence-corrected chi connectivity index (χ4v) is 3.66. The highest BCUT2D eigenvalue weighted by molar-refractivity contribution is 5.82. The third-order valence-corrected chi connectivity index (χ3v) is 5.39. The zero-order valence-corrected chi connectivity index (χ0v) is 15.5. The molecule has 2 N–H and O–H groups in total. The van der Waals surface area contributed by atoms with Crippen molar-refractivity contribution in [2.45, 2.75) is 52.2 Å². The Kier molecular flexibility index (Phi) is 5.69. The zero-order valence-electron chi connectivity index (χ0n) is 15.5. The highest BCUT2D eigenvalue weighted by atomic mass is 16.6. The number of hydrogen-bond acceptors (Lipinski definition) is 4. The molecule has 1 aromatic rings. The number of hydrogen-bond donors (Lipinski definition) is 2. The first-order valence-corrected chi connectivity index (χ1v) is 9.44. The largest absolute Gasteiger partial charge is 0.508 e. The molecule has 6 heteroatoms. The van der Waals surface area contributed by atoms with Crippen LogP contribution in [-0.4, -0.2) is 41.2 Å². The molecule has 2 fully saturated rings. The van der Waals surface area contributed by atoms with Crippen LogP contribution in [0.4, 0.5) is 4.79 Å². The molecule has 142 valence electrons. The molecule has 1 saturated carbocycles. The van der Waals surface area contributed by atoms with Gasteiger partial charge in [0.15, 0.2) is 0 Å². The molecule has 1 aliphatic heterocycles. The van der Waals surface area contributed by atoms with E-state index in [-0.39, 0.29) is 29.8 Å². The van der Waals surface area contributed by atoms with Gasteiger partial charge in [0.05, 0.1) is 5.92 Å². The van der Waals surface area contributed by atoms with Crippen LogP contribution in [0.25, 0.3) is 0 Å². The van der Waals surface area contributed by atoms with Crippen LogP contribution in [0.1, 0.15) is 43.7 Å². The van der Waals surface area contributed by atoms with E-state index in [0.717, 1.165) is 30.4 Å². The Labute approximate surface area is 154 Å². The van der Waals surface area contributed by atoms with Gasteiger partial charge >= 0.3 is 6.09 Å². The van der Waals surface area contributed by atoms with Crippen molar-refractivity contribution >= 4 is 12.0 Å². The van der Waals surface area contributed by atoms with Crippen LogP contribution < -0.4 is 5.32 Å².